The van der Waals surface area contributed by atoms with Gasteiger partial charge in [0.05, 0.1) is 18.9 Å². The van der Waals surface area contributed by atoms with Crippen molar-refractivity contribution in [2.75, 3.05) is 7.11 Å². The van der Waals surface area contributed by atoms with Crippen molar-refractivity contribution in [3.63, 3.8) is 0 Å². The van der Waals surface area contributed by atoms with Crippen molar-refractivity contribution in [1.29, 1.82) is 0 Å². The maximum Gasteiger partial charge on any atom is 0.302 e. The highest BCUT2D eigenvalue weighted by Crippen LogP contribution is 2.46. The second kappa shape index (κ2) is 12.6. The number of hydrogen-bond acceptors (Lipinski definition) is 7. The number of ketones is 4. The molecule has 0 radical (unpaired) electrons. The van der Waals surface area contributed by atoms with Crippen LogP contribution in [0.25, 0.3) is 0 Å². The van der Waals surface area contributed by atoms with Gasteiger partial charge in [0, 0.05) is 44.1 Å². The highest BCUT2D eigenvalue weighted by atomic mass is 16.5. The van der Waals surface area contributed by atoms with Crippen LogP contribution in [0.1, 0.15) is 72.6 Å². The number of carbonyl (C=O) groups excluding carboxylic acids is 5. The molecule has 0 amide bonds. The molecule has 7 nitrogen and oxygen atoms in total. The summed E-state index contributed by atoms with van der Waals surface area (Å²) in [5.41, 5.74) is 2.86. The van der Waals surface area contributed by atoms with Crippen LogP contribution in [0.2, 0.25) is 0 Å². The van der Waals surface area contributed by atoms with Gasteiger partial charge in [0.2, 0.25) is 0 Å². The zero-order valence-electron chi connectivity index (χ0n) is 23.8. The lowest BCUT2D eigenvalue weighted by Crippen LogP contribution is -2.45. The summed E-state index contributed by atoms with van der Waals surface area (Å²) < 4.78 is 10.7. The van der Waals surface area contributed by atoms with E-state index >= 15 is 0 Å². The molecule has 42 heavy (non-hydrogen) atoms. The van der Waals surface area contributed by atoms with E-state index in [9.17, 15) is 24.0 Å². The Balaban J connectivity index is 1.53. The number of methoxy groups -OCH3 is 1. The highest BCUT2D eigenvalue weighted by molar-refractivity contribution is 6.11. The Bertz CT molecular complexity index is 1380. The summed E-state index contributed by atoms with van der Waals surface area (Å²) in [5, 5.41) is 0. The normalized spacial score (nSPS) is 23.4. The number of benzene rings is 3. The molecule has 2 aliphatic carbocycles. The van der Waals surface area contributed by atoms with Crippen LogP contribution in [0.15, 0.2) is 78.9 Å². The number of carbonyl (C=O) groups is 5. The third-order valence-electron chi connectivity index (χ3n) is 8.56. The molecule has 216 valence electrons. The standard InChI is InChI=1S/C35H34O7/c1-21(36)42-20-27-15-24(13-14-32(27)41-2)33(34-28(37)16-25(17-29(34)38)22-9-5-3-6-10-22)35-30(39)18-26(19-31(35)40)23-11-7-4-8-12-23/h3-15,25-26,33-35H,16-20H2,1-2H3. The molecule has 0 unspecified atom stereocenters. The monoisotopic (exact) mass is 566 g/mol. The summed E-state index contributed by atoms with van der Waals surface area (Å²) in [4.78, 5) is 66.9. The van der Waals surface area contributed by atoms with Crippen LogP contribution in [0.5, 0.6) is 5.75 Å². The first-order valence-electron chi connectivity index (χ1n) is 14.3. The Hall–Kier alpha value is -4.39. The maximum absolute atomic E-state index is 13.8. The molecule has 0 bridgehead atoms. The van der Waals surface area contributed by atoms with Gasteiger partial charge in [0.25, 0.3) is 0 Å². The Kier molecular flexibility index (Phi) is 8.76. The lowest BCUT2D eigenvalue weighted by atomic mass is 9.62. The van der Waals surface area contributed by atoms with Crippen molar-refractivity contribution in [3.05, 3.63) is 101 Å². The smallest absolute Gasteiger partial charge is 0.302 e. The van der Waals surface area contributed by atoms with Gasteiger partial charge in [-0.05, 0) is 40.7 Å². The molecule has 3 aromatic carbocycles. The summed E-state index contributed by atoms with van der Waals surface area (Å²) in [6.07, 6.45) is 0.592. The van der Waals surface area contributed by atoms with Gasteiger partial charge < -0.3 is 9.47 Å². The fraction of sp³-hybridized carbons (Fsp3) is 0.343. The molecule has 5 rings (SSSR count). The topological polar surface area (TPSA) is 104 Å². The van der Waals surface area contributed by atoms with E-state index < -0.39 is 23.7 Å². The van der Waals surface area contributed by atoms with Crippen LogP contribution in [-0.4, -0.2) is 36.2 Å². The summed E-state index contributed by atoms with van der Waals surface area (Å²) in [6.45, 7) is 1.20. The molecule has 0 aromatic heterocycles. The summed E-state index contributed by atoms with van der Waals surface area (Å²) in [6, 6.07) is 24.0. The molecule has 2 aliphatic rings. The molecule has 0 spiro atoms. The highest BCUT2D eigenvalue weighted by Gasteiger charge is 2.50. The Morgan fingerprint density at radius 3 is 1.57 bits per heavy atom. The first kappa shape index (κ1) is 29.1. The molecule has 3 aromatic rings. The minimum atomic E-state index is -1.13. The molecule has 0 heterocycles. The van der Waals surface area contributed by atoms with Gasteiger partial charge in [-0.15, -0.1) is 0 Å². The van der Waals surface area contributed by atoms with Gasteiger partial charge in [0.1, 0.15) is 35.5 Å². The van der Waals surface area contributed by atoms with Crippen LogP contribution >= 0.6 is 0 Å². The van der Waals surface area contributed by atoms with Crippen molar-refractivity contribution >= 4 is 29.1 Å². The lowest BCUT2D eigenvalue weighted by Gasteiger charge is -2.38. The molecule has 0 N–H and O–H groups in total. The largest absolute Gasteiger partial charge is 0.496 e. The Morgan fingerprint density at radius 2 is 1.17 bits per heavy atom. The molecule has 0 aliphatic heterocycles. The van der Waals surface area contributed by atoms with E-state index in [0.29, 0.717) is 16.9 Å². The van der Waals surface area contributed by atoms with E-state index in [-0.39, 0.29) is 67.3 Å². The van der Waals surface area contributed by atoms with E-state index in [1.54, 1.807) is 18.2 Å². The second-order valence-electron chi connectivity index (χ2n) is 11.2. The summed E-state index contributed by atoms with van der Waals surface area (Å²) in [7, 11) is 1.49. The molecular weight excluding hydrogens is 532 g/mol. The van der Waals surface area contributed by atoms with Crippen molar-refractivity contribution in [1.82, 2.24) is 0 Å². The third-order valence-corrected chi connectivity index (χ3v) is 8.56. The molecule has 0 saturated heterocycles. The molecular formula is C35H34O7. The minimum absolute atomic E-state index is 0.0929. The number of rotatable bonds is 8. The number of Topliss-reactive ketones (excluding diaryl/α,β-unsaturated/α-hetero) is 4. The Labute approximate surface area is 245 Å². The van der Waals surface area contributed by atoms with Gasteiger partial charge in [-0.1, -0.05) is 66.7 Å². The van der Waals surface area contributed by atoms with E-state index in [4.69, 9.17) is 9.47 Å². The van der Waals surface area contributed by atoms with E-state index in [1.807, 2.05) is 60.7 Å². The van der Waals surface area contributed by atoms with E-state index in [2.05, 4.69) is 0 Å². The third kappa shape index (κ3) is 6.10. The van der Waals surface area contributed by atoms with Gasteiger partial charge >= 0.3 is 5.97 Å². The molecule has 0 atom stereocenters. The predicted molar refractivity (Wildman–Crippen MR) is 155 cm³/mol. The summed E-state index contributed by atoms with van der Waals surface area (Å²) in [5.74, 6) is -4.83. The average Bonchev–Trinajstić information content (AvgIpc) is 2.99. The van der Waals surface area contributed by atoms with Crippen LogP contribution in [0.3, 0.4) is 0 Å². The molecule has 2 saturated carbocycles. The second-order valence-corrected chi connectivity index (χ2v) is 11.2. The van der Waals surface area contributed by atoms with Crippen molar-refractivity contribution in [2.45, 2.75) is 57.0 Å². The maximum atomic E-state index is 13.8. The molecule has 7 heteroatoms. The first-order valence-corrected chi connectivity index (χ1v) is 14.3. The van der Waals surface area contributed by atoms with Crippen LogP contribution in [0, 0.1) is 11.8 Å². The average molecular weight is 567 g/mol. The fourth-order valence-corrected chi connectivity index (χ4v) is 6.58. The zero-order chi connectivity index (χ0) is 29.8. The van der Waals surface area contributed by atoms with Gasteiger partial charge in [-0.3, -0.25) is 24.0 Å². The summed E-state index contributed by atoms with van der Waals surface area (Å²) >= 11 is 0. The van der Waals surface area contributed by atoms with E-state index in [0.717, 1.165) is 11.1 Å². The first-order chi connectivity index (χ1) is 20.3. The van der Waals surface area contributed by atoms with Gasteiger partial charge in [-0.25, -0.2) is 0 Å². The Morgan fingerprint density at radius 1 is 0.714 bits per heavy atom. The van der Waals surface area contributed by atoms with Gasteiger partial charge in [-0.2, -0.15) is 0 Å². The lowest BCUT2D eigenvalue weighted by molar-refractivity contribution is -0.143. The zero-order valence-corrected chi connectivity index (χ0v) is 23.8. The van der Waals surface area contributed by atoms with Crippen LogP contribution in [-0.2, 0) is 35.3 Å². The minimum Gasteiger partial charge on any atom is -0.496 e. The fourth-order valence-electron chi connectivity index (χ4n) is 6.58. The van der Waals surface area contributed by atoms with E-state index in [1.165, 1.54) is 14.0 Å². The van der Waals surface area contributed by atoms with Crippen LogP contribution in [0.4, 0.5) is 0 Å². The van der Waals surface area contributed by atoms with Crippen molar-refractivity contribution < 1.29 is 33.4 Å². The quantitative estimate of drug-likeness (QED) is 0.262. The molecule has 2 fully saturated rings. The number of esters is 1. The predicted octanol–water partition coefficient (Wildman–Crippen LogP) is 5.51. The number of hydrogen-bond donors (Lipinski definition) is 0. The number of ether oxygens (including phenoxy) is 2. The van der Waals surface area contributed by atoms with Crippen LogP contribution < -0.4 is 4.74 Å². The SMILES string of the molecule is COc1ccc(C(C2C(=O)CC(c3ccccc3)CC2=O)C2C(=O)CC(c3ccccc3)CC2=O)cc1COC(C)=O. The van der Waals surface area contributed by atoms with Crippen molar-refractivity contribution in [3.8, 4) is 5.75 Å². The van der Waals surface area contributed by atoms with Crippen molar-refractivity contribution in [2.24, 2.45) is 11.8 Å². The van der Waals surface area contributed by atoms with Gasteiger partial charge in [0.15, 0.2) is 0 Å².